The van der Waals surface area contributed by atoms with Crippen molar-refractivity contribution < 1.29 is 0 Å². The molecule has 0 aliphatic heterocycles. The molecule has 0 saturated carbocycles. The van der Waals surface area contributed by atoms with E-state index in [1.165, 1.54) is 15.6 Å². The lowest BCUT2D eigenvalue weighted by atomic mass is 10.1. The van der Waals surface area contributed by atoms with Crippen LogP contribution in [-0.4, -0.2) is 5.33 Å². The van der Waals surface area contributed by atoms with E-state index in [2.05, 4.69) is 45.6 Å². The third kappa shape index (κ3) is 1.54. The summed E-state index contributed by atoms with van der Waals surface area (Å²) in [6.45, 7) is 0. The number of fused-ring (bicyclic) bond motifs is 1. The van der Waals surface area contributed by atoms with E-state index in [1.54, 1.807) is 11.3 Å². The molecular formula is C10H9BrS. The van der Waals surface area contributed by atoms with Gasteiger partial charge in [0.1, 0.15) is 0 Å². The van der Waals surface area contributed by atoms with E-state index in [-0.39, 0.29) is 0 Å². The van der Waals surface area contributed by atoms with E-state index in [0.717, 1.165) is 11.8 Å². The first kappa shape index (κ1) is 8.27. The molecule has 2 rings (SSSR count). The molecule has 0 aliphatic rings. The van der Waals surface area contributed by atoms with E-state index in [4.69, 9.17) is 0 Å². The normalized spacial score (nSPS) is 10.8. The highest BCUT2D eigenvalue weighted by Crippen LogP contribution is 2.21. The molecule has 1 aromatic carbocycles. The van der Waals surface area contributed by atoms with Crippen LogP contribution < -0.4 is 0 Å². The second kappa shape index (κ2) is 3.58. The maximum absolute atomic E-state index is 3.44. The van der Waals surface area contributed by atoms with Crippen LogP contribution in [0.5, 0.6) is 0 Å². The molecule has 0 atom stereocenters. The summed E-state index contributed by atoms with van der Waals surface area (Å²) in [4.78, 5) is 0. The van der Waals surface area contributed by atoms with Gasteiger partial charge in [-0.25, -0.2) is 0 Å². The fraction of sp³-hybridized carbons (Fsp3) is 0.200. The maximum Gasteiger partial charge on any atom is 0.0342 e. The number of halogens is 1. The summed E-state index contributed by atoms with van der Waals surface area (Å²) in [6, 6.07) is 8.86. The van der Waals surface area contributed by atoms with Crippen LogP contribution in [0.1, 0.15) is 5.56 Å². The Morgan fingerprint density at radius 3 is 3.00 bits per heavy atom. The molecule has 62 valence electrons. The maximum atomic E-state index is 3.44. The van der Waals surface area contributed by atoms with Crippen molar-refractivity contribution in [1.29, 1.82) is 0 Å². The summed E-state index contributed by atoms with van der Waals surface area (Å²) in [5.41, 5.74) is 1.41. The van der Waals surface area contributed by atoms with Gasteiger partial charge in [-0.1, -0.05) is 28.1 Å². The van der Waals surface area contributed by atoms with E-state index in [0.29, 0.717) is 0 Å². The fourth-order valence-corrected chi connectivity index (χ4v) is 2.51. The second-order valence-corrected chi connectivity index (χ2v) is 4.47. The van der Waals surface area contributed by atoms with E-state index < -0.39 is 0 Å². The lowest BCUT2D eigenvalue weighted by Gasteiger charge is -1.96. The highest BCUT2D eigenvalue weighted by Gasteiger charge is 1.96. The number of aryl methyl sites for hydroxylation is 1. The molecule has 0 aliphatic carbocycles. The third-order valence-electron chi connectivity index (χ3n) is 1.90. The van der Waals surface area contributed by atoms with Crippen molar-refractivity contribution in [3.8, 4) is 0 Å². The lowest BCUT2D eigenvalue weighted by Crippen LogP contribution is -1.83. The van der Waals surface area contributed by atoms with Crippen LogP contribution >= 0.6 is 27.3 Å². The summed E-state index contributed by atoms with van der Waals surface area (Å²) in [5, 5.41) is 4.56. The second-order valence-electron chi connectivity index (χ2n) is 2.73. The minimum absolute atomic E-state index is 1.04. The number of alkyl halides is 1. The van der Waals surface area contributed by atoms with Crippen molar-refractivity contribution in [3.05, 3.63) is 35.2 Å². The zero-order chi connectivity index (χ0) is 8.39. The molecule has 0 amide bonds. The number of benzene rings is 1. The first-order chi connectivity index (χ1) is 5.90. The molecule has 2 heteroatoms. The van der Waals surface area contributed by atoms with Gasteiger partial charge in [-0.3, -0.25) is 0 Å². The van der Waals surface area contributed by atoms with Crippen LogP contribution in [-0.2, 0) is 6.42 Å². The average molecular weight is 241 g/mol. The third-order valence-corrected chi connectivity index (χ3v) is 3.19. The first-order valence-corrected chi connectivity index (χ1v) is 5.92. The van der Waals surface area contributed by atoms with Crippen LogP contribution in [0.15, 0.2) is 29.6 Å². The molecule has 1 aromatic heterocycles. The summed E-state index contributed by atoms with van der Waals surface area (Å²) in [6.07, 6.45) is 1.12. The Bertz CT molecular complexity index is 378. The Morgan fingerprint density at radius 2 is 2.17 bits per heavy atom. The van der Waals surface area contributed by atoms with Crippen molar-refractivity contribution in [1.82, 2.24) is 0 Å². The van der Waals surface area contributed by atoms with Crippen molar-refractivity contribution in [2.24, 2.45) is 0 Å². The van der Waals surface area contributed by atoms with E-state index >= 15 is 0 Å². The molecule has 0 nitrogen and oxygen atoms in total. The van der Waals surface area contributed by atoms with Crippen molar-refractivity contribution >= 4 is 37.4 Å². The topological polar surface area (TPSA) is 0 Å². The molecule has 0 spiro atoms. The largest absolute Gasteiger partial charge is 0.144 e. The summed E-state index contributed by atoms with van der Waals surface area (Å²) < 4.78 is 1.38. The monoisotopic (exact) mass is 240 g/mol. The fourth-order valence-electron chi connectivity index (χ4n) is 1.28. The summed E-state index contributed by atoms with van der Waals surface area (Å²) >= 11 is 5.25. The van der Waals surface area contributed by atoms with Crippen LogP contribution in [0.25, 0.3) is 10.1 Å². The number of hydrogen-bond acceptors (Lipinski definition) is 1. The van der Waals surface area contributed by atoms with Gasteiger partial charge in [0, 0.05) is 10.0 Å². The lowest BCUT2D eigenvalue weighted by molar-refractivity contribution is 1.18. The molecule has 0 fully saturated rings. The van der Waals surface area contributed by atoms with Gasteiger partial charge in [0.05, 0.1) is 0 Å². The molecule has 0 N–H and O–H groups in total. The number of rotatable bonds is 2. The molecule has 0 unspecified atom stereocenters. The Kier molecular flexibility index (Phi) is 2.47. The predicted molar refractivity (Wildman–Crippen MR) is 59.3 cm³/mol. The SMILES string of the molecule is BrCCc1ccc2sccc2c1. The minimum Gasteiger partial charge on any atom is -0.144 e. The molecule has 0 saturated heterocycles. The van der Waals surface area contributed by atoms with Gasteiger partial charge in [-0.05, 0) is 34.9 Å². The van der Waals surface area contributed by atoms with Gasteiger partial charge >= 0.3 is 0 Å². The molecule has 0 radical (unpaired) electrons. The zero-order valence-electron chi connectivity index (χ0n) is 6.59. The van der Waals surface area contributed by atoms with Gasteiger partial charge in [0.25, 0.3) is 0 Å². The highest BCUT2D eigenvalue weighted by atomic mass is 79.9. The highest BCUT2D eigenvalue weighted by molar-refractivity contribution is 9.09. The Hall–Kier alpha value is -0.340. The smallest absolute Gasteiger partial charge is 0.0342 e. The van der Waals surface area contributed by atoms with Crippen LogP contribution in [0, 0.1) is 0 Å². The first-order valence-electron chi connectivity index (χ1n) is 3.92. The van der Waals surface area contributed by atoms with Gasteiger partial charge in [-0.15, -0.1) is 11.3 Å². The van der Waals surface area contributed by atoms with Crippen molar-refractivity contribution in [2.45, 2.75) is 6.42 Å². The van der Waals surface area contributed by atoms with Crippen LogP contribution in [0.3, 0.4) is 0 Å². The zero-order valence-corrected chi connectivity index (χ0v) is 8.99. The summed E-state index contributed by atoms with van der Waals surface area (Å²) in [7, 11) is 0. The number of thiophene rings is 1. The van der Waals surface area contributed by atoms with E-state index in [1.807, 2.05) is 0 Å². The Labute approximate surface area is 84.4 Å². The standard InChI is InChI=1S/C10H9BrS/c11-5-3-8-1-2-10-9(7-8)4-6-12-10/h1-2,4,6-7H,3,5H2. The molecule has 12 heavy (non-hydrogen) atoms. The molecule has 0 bridgehead atoms. The van der Waals surface area contributed by atoms with Crippen molar-refractivity contribution in [2.75, 3.05) is 5.33 Å². The molecule has 2 aromatic rings. The van der Waals surface area contributed by atoms with Gasteiger partial charge < -0.3 is 0 Å². The predicted octanol–water partition coefficient (Wildman–Crippen LogP) is 3.84. The van der Waals surface area contributed by atoms with Gasteiger partial charge in [0.15, 0.2) is 0 Å². The van der Waals surface area contributed by atoms with Crippen molar-refractivity contribution in [3.63, 3.8) is 0 Å². The number of hydrogen-bond donors (Lipinski definition) is 0. The Balaban J connectivity index is 2.46. The quantitative estimate of drug-likeness (QED) is 0.701. The molecule has 1 heterocycles. The van der Waals surface area contributed by atoms with E-state index in [9.17, 15) is 0 Å². The van der Waals surface area contributed by atoms with Crippen LogP contribution in [0.2, 0.25) is 0 Å². The minimum atomic E-state index is 1.04. The Morgan fingerprint density at radius 1 is 1.25 bits per heavy atom. The molecular weight excluding hydrogens is 232 g/mol. The summed E-state index contributed by atoms with van der Waals surface area (Å²) in [5.74, 6) is 0. The van der Waals surface area contributed by atoms with Gasteiger partial charge in [-0.2, -0.15) is 0 Å². The average Bonchev–Trinajstić information content (AvgIpc) is 2.51. The van der Waals surface area contributed by atoms with Gasteiger partial charge in [0.2, 0.25) is 0 Å². The van der Waals surface area contributed by atoms with Crippen LogP contribution in [0.4, 0.5) is 0 Å².